The van der Waals surface area contributed by atoms with Crippen molar-refractivity contribution in [1.82, 2.24) is 4.57 Å². The van der Waals surface area contributed by atoms with Crippen molar-refractivity contribution < 1.29 is 9.53 Å². The van der Waals surface area contributed by atoms with Crippen molar-refractivity contribution in [2.24, 2.45) is 0 Å². The van der Waals surface area contributed by atoms with Crippen molar-refractivity contribution >= 4 is 29.2 Å². The van der Waals surface area contributed by atoms with Gasteiger partial charge in [0, 0.05) is 6.20 Å². The van der Waals surface area contributed by atoms with Crippen LogP contribution in [0.3, 0.4) is 0 Å². The van der Waals surface area contributed by atoms with Crippen LogP contribution in [0.2, 0.25) is 10.0 Å². The fraction of sp³-hybridized carbons (Fsp3) is 0.200. The van der Waals surface area contributed by atoms with Gasteiger partial charge in [-0.05, 0) is 30.7 Å². The number of carbonyl (C=O) groups excluding carboxylic acids is 1. The van der Waals surface area contributed by atoms with Crippen LogP contribution in [0.4, 0.5) is 0 Å². The first kappa shape index (κ1) is 15.6. The third-order valence-corrected chi connectivity index (χ3v) is 3.30. The van der Waals surface area contributed by atoms with Gasteiger partial charge >= 0.3 is 5.97 Å². The van der Waals surface area contributed by atoms with Crippen LogP contribution in [0.25, 0.3) is 0 Å². The van der Waals surface area contributed by atoms with Gasteiger partial charge in [-0.1, -0.05) is 35.3 Å². The van der Waals surface area contributed by atoms with Crippen molar-refractivity contribution in [3.8, 4) is 0 Å². The van der Waals surface area contributed by atoms with Gasteiger partial charge in [-0.2, -0.15) is 0 Å². The zero-order valence-electron chi connectivity index (χ0n) is 11.3. The highest BCUT2D eigenvalue weighted by Gasteiger charge is 2.07. The zero-order chi connectivity index (χ0) is 15.4. The molecule has 0 saturated heterocycles. The van der Waals surface area contributed by atoms with E-state index in [2.05, 4.69) is 0 Å². The molecule has 0 bridgehead atoms. The third kappa shape index (κ3) is 3.86. The molecule has 6 heteroatoms. The second-order valence-corrected chi connectivity index (χ2v) is 5.20. The molecule has 0 saturated carbocycles. The van der Waals surface area contributed by atoms with Crippen molar-refractivity contribution in [3.05, 3.63) is 68.1 Å². The van der Waals surface area contributed by atoms with Crippen LogP contribution in [0.5, 0.6) is 0 Å². The van der Waals surface area contributed by atoms with Gasteiger partial charge in [0.1, 0.15) is 5.02 Å². The second kappa shape index (κ2) is 6.78. The maximum Gasteiger partial charge on any atom is 0.338 e. The summed E-state index contributed by atoms with van der Waals surface area (Å²) in [6.07, 6.45) is 1.52. The predicted molar refractivity (Wildman–Crippen MR) is 82.2 cm³/mol. The first-order chi connectivity index (χ1) is 10.0. The summed E-state index contributed by atoms with van der Waals surface area (Å²) >= 11 is 11.7. The number of carbonyl (C=O) groups is 1. The number of ether oxygens (including phenoxy) is 1. The molecule has 110 valence electrons. The molecule has 0 fully saturated rings. The van der Waals surface area contributed by atoms with Gasteiger partial charge in [0.2, 0.25) is 0 Å². The minimum atomic E-state index is -0.369. The van der Waals surface area contributed by atoms with E-state index in [1.807, 2.05) is 0 Å². The van der Waals surface area contributed by atoms with Crippen LogP contribution in [0.1, 0.15) is 22.8 Å². The molecule has 4 nitrogen and oxygen atoms in total. The number of hydrogen-bond donors (Lipinski definition) is 0. The van der Waals surface area contributed by atoms with Crippen molar-refractivity contribution in [3.63, 3.8) is 0 Å². The molecule has 0 aliphatic carbocycles. The summed E-state index contributed by atoms with van der Waals surface area (Å²) < 4.78 is 6.33. The number of rotatable bonds is 4. The molecule has 2 rings (SSSR count). The van der Waals surface area contributed by atoms with Crippen molar-refractivity contribution in [1.29, 1.82) is 0 Å². The molecule has 0 spiro atoms. The van der Waals surface area contributed by atoms with Gasteiger partial charge in [-0.15, -0.1) is 0 Å². The van der Waals surface area contributed by atoms with Crippen LogP contribution in [-0.2, 0) is 11.3 Å². The highest BCUT2D eigenvalue weighted by Crippen LogP contribution is 2.13. The number of esters is 1. The number of pyridine rings is 1. The monoisotopic (exact) mass is 325 g/mol. The summed E-state index contributed by atoms with van der Waals surface area (Å²) in [5.41, 5.74) is 1.01. The number of nitrogens with zero attached hydrogens (tertiary/aromatic N) is 1. The lowest BCUT2D eigenvalue weighted by Crippen LogP contribution is -2.20. The van der Waals surface area contributed by atoms with Crippen LogP contribution in [-0.4, -0.2) is 17.1 Å². The summed E-state index contributed by atoms with van der Waals surface area (Å²) in [5.74, 6) is -0.369. The molecule has 1 aromatic heterocycles. The lowest BCUT2D eigenvalue weighted by Gasteiger charge is -2.08. The Labute approximate surface area is 131 Å². The molecule has 0 atom stereocenters. The third-order valence-electron chi connectivity index (χ3n) is 2.83. The van der Waals surface area contributed by atoms with Gasteiger partial charge in [0.15, 0.2) is 0 Å². The minimum Gasteiger partial charge on any atom is -0.462 e. The van der Waals surface area contributed by atoms with E-state index in [4.69, 9.17) is 27.9 Å². The van der Waals surface area contributed by atoms with E-state index in [1.54, 1.807) is 31.2 Å². The Morgan fingerprint density at radius 2 is 1.90 bits per heavy atom. The molecule has 21 heavy (non-hydrogen) atoms. The standard InChI is InChI=1S/C15H13Cl2NO3/c1-2-21-15(20)11-5-3-10(4-6-11)8-18-9-12(16)7-13(17)14(18)19/h3-7,9H,2,8H2,1H3. The van der Waals surface area contributed by atoms with E-state index < -0.39 is 0 Å². The number of benzene rings is 1. The van der Waals surface area contributed by atoms with E-state index in [-0.39, 0.29) is 16.6 Å². The number of aromatic nitrogens is 1. The maximum atomic E-state index is 11.9. The van der Waals surface area contributed by atoms with Crippen molar-refractivity contribution in [2.45, 2.75) is 13.5 Å². The molecule has 0 N–H and O–H groups in total. The van der Waals surface area contributed by atoms with E-state index in [0.29, 0.717) is 23.7 Å². The van der Waals surface area contributed by atoms with Crippen LogP contribution < -0.4 is 5.56 Å². The van der Waals surface area contributed by atoms with E-state index in [1.165, 1.54) is 16.8 Å². The molecule has 1 aromatic carbocycles. The highest BCUT2D eigenvalue weighted by atomic mass is 35.5. The average molecular weight is 326 g/mol. The van der Waals surface area contributed by atoms with Crippen LogP contribution >= 0.6 is 23.2 Å². The minimum absolute atomic E-state index is 0.0747. The Hall–Kier alpha value is -1.78. The number of hydrogen-bond acceptors (Lipinski definition) is 3. The number of halogens is 2. The van der Waals surface area contributed by atoms with E-state index in [0.717, 1.165) is 5.56 Å². The largest absolute Gasteiger partial charge is 0.462 e. The second-order valence-electron chi connectivity index (χ2n) is 4.36. The summed E-state index contributed by atoms with van der Waals surface area (Å²) in [7, 11) is 0. The van der Waals surface area contributed by atoms with Gasteiger partial charge < -0.3 is 9.30 Å². The summed E-state index contributed by atoms with van der Waals surface area (Å²) in [6.45, 7) is 2.40. The molecule has 0 amide bonds. The smallest absolute Gasteiger partial charge is 0.338 e. The fourth-order valence-corrected chi connectivity index (χ4v) is 2.35. The quantitative estimate of drug-likeness (QED) is 0.809. The van der Waals surface area contributed by atoms with Crippen LogP contribution in [0.15, 0.2) is 41.3 Å². The Balaban J connectivity index is 2.21. The molecule has 0 unspecified atom stereocenters. The molecule has 1 heterocycles. The Bertz CT molecular complexity index is 708. The fourth-order valence-electron chi connectivity index (χ4n) is 1.84. The van der Waals surface area contributed by atoms with E-state index in [9.17, 15) is 9.59 Å². The Morgan fingerprint density at radius 3 is 2.52 bits per heavy atom. The van der Waals surface area contributed by atoms with E-state index >= 15 is 0 Å². The van der Waals surface area contributed by atoms with Gasteiger partial charge in [-0.25, -0.2) is 4.79 Å². The summed E-state index contributed by atoms with van der Waals surface area (Å²) in [6, 6.07) is 8.24. The molecule has 2 aromatic rings. The average Bonchev–Trinajstić information content (AvgIpc) is 2.45. The lowest BCUT2D eigenvalue weighted by atomic mass is 10.1. The molecule has 0 radical (unpaired) electrons. The summed E-state index contributed by atoms with van der Waals surface area (Å²) in [4.78, 5) is 23.4. The SMILES string of the molecule is CCOC(=O)c1ccc(Cn2cc(Cl)cc(Cl)c2=O)cc1. The summed E-state index contributed by atoms with van der Waals surface area (Å²) in [5, 5.41) is 0.466. The van der Waals surface area contributed by atoms with Gasteiger partial charge in [0.05, 0.1) is 23.7 Å². The molecular weight excluding hydrogens is 313 g/mol. The predicted octanol–water partition coefficient (Wildman–Crippen LogP) is 3.38. The van der Waals surface area contributed by atoms with Gasteiger partial charge in [-0.3, -0.25) is 4.79 Å². The first-order valence-corrected chi connectivity index (χ1v) is 7.08. The molecule has 0 aliphatic heterocycles. The Kier molecular flexibility index (Phi) is 5.04. The van der Waals surface area contributed by atoms with Gasteiger partial charge in [0.25, 0.3) is 5.56 Å². The maximum absolute atomic E-state index is 11.9. The first-order valence-electron chi connectivity index (χ1n) is 6.33. The molecule has 0 aliphatic rings. The Morgan fingerprint density at radius 1 is 1.24 bits per heavy atom. The van der Waals surface area contributed by atoms with Crippen LogP contribution in [0, 0.1) is 0 Å². The lowest BCUT2D eigenvalue weighted by molar-refractivity contribution is 0.0526. The highest BCUT2D eigenvalue weighted by molar-refractivity contribution is 6.34. The molecular formula is C15H13Cl2NO3. The zero-order valence-corrected chi connectivity index (χ0v) is 12.8. The topological polar surface area (TPSA) is 48.3 Å². The normalized spacial score (nSPS) is 10.4. The van der Waals surface area contributed by atoms with Crippen molar-refractivity contribution in [2.75, 3.05) is 6.61 Å².